The van der Waals surface area contributed by atoms with E-state index in [0.717, 1.165) is 4.88 Å². The van der Waals surface area contributed by atoms with Gasteiger partial charge in [0.1, 0.15) is 0 Å². The molecule has 1 heterocycles. The third-order valence-electron chi connectivity index (χ3n) is 3.46. The van der Waals surface area contributed by atoms with Crippen molar-refractivity contribution in [2.75, 3.05) is 6.54 Å². The van der Waals surface area contributed by atoms with Gasteiger partial charge in [-0.25, -0.2) is 0 Å². The van der Waals surface area contributed by atoms with Crippen LogP contribution in [-0.4, -0.2) is 18.0 Å². The molecule has 1 fully saturated rings. The molecule has 1 saturated carbocycles. The Kier molecular flexibility index (Phi) is 3.54. The second-order valence-corrected chi connectivity index (χ2v) is 6.51. The summed E-state index contributed by atoms with van der Waals surface area (Å²) in [6.45, 7) is 4.63. The van der Waals surface area contributed by atoms with E-state index in [9.17, 15) is 4.79 Å². The van der Waals surface area contributed by atoms with Crippen molar-refractivity contribution >= 4 is 17.2 Å². The van der Waals surface area contributed by atoms with E-state index >= 15 is 0 Å². The molecule has 4 heteroatoms. The van der Waals surface area contributed by atoms with Crippen LogP contribution in [0.15, 0.2) is 12.1 Å². The largest absolute Gasteiger partial charge is 0.349 e. The zero-order valence-electron chi connectivity index (χ0n) is 10.5. The van der Waals surface area contributed by atoms with E-state index in [2.05, 4.69) is 25.2 Å². The van der Waals surface area contributed by atoms with E-state index < -0.39 is 0 Å². The highest BCUT2D eigenvalue weighted by atomic mass is 32.1. The Bertz CT molecular complexity index is 411. The average Bonchev–Trinajstić information content (AvgIpc) is 3.04. The van der Waals surface area contributed by atoms with Crippen LogP contribution in [0.2, 0.25) is 0 Å². The Morgan fingerprint density at radius 2 is 2.29 bits per heavy atom. The maximum Gasteiger partial charge on any atom is 0.225 e. The first kappa shape index (κ1) is 12.6. The summed E-state index contributed by atoms with van der Waals surface area (Å²) in [6.07, 6.45) is 2.85. The molecule has 1 atom stereocenters. The summed E-state index contributed by atoms with van der Waals surface area (Å²) in [5.41, 5.74) is 5.58. The molecule has 1 aromatic rings. The van der Waals surface area contributed by atoms with Crippen LogP contribution in [0.1, 0.15) is 29.5 Å². The fourth-order valence-corrected chi connectivity index (χ4v) is 3.03. The predicted octanol–water partition coefficient (Wildman–Crippen LogP) is 1.84. The van der Waals surface area contributed by atoms with Crippen molar-refractivity contribution in [2.45, 2.75) is 38.6 Å². The smallest absolute Gasteiger partial charge is 0.225 e. The monoisotopic (exact) mass is 252 g/mol. The molecule has 3 N–H and O–H groups in total. The van der Waals surface area contributed by atoms with Gasteiger partial charge in [0.25, 0.3) is 0 Å². The van der Waals surface area contributed by atoms with Gasteiger partial charge in [0.2, 0.25) is 5.91 Å². The highest BCUT2D eigenvalue weighted by molar-refractivity contribution is 7.12. The zero-order chi connectivity index (χ0) is 12.5. The van der Waals surface area contributed by atoms with Gasteiger partial charge in [-0.2, -0.15) is 0 Å². The van der Waals surface area contributed by atoms with Crippen molar-refractivity contribution in [2.24, 2.45) is 11.7 Å². The van der Waals surface area contributed by atoms with Crippen LogP contribution in [0.5, 0.6) is 0 Å². The third-order valence-corrected chi connectivity index (χ3v) is 4.46. The van der Waals surface area contributed by atoms with E-state index in [-0.39, 0.29) is 11.4 Å². The molecular formula is C13H20N2OS. The SMILES string of the molecule is Cc1ccc(CC(=O)NC(C)(CN)C2CC2)s1. The van der Waals surface area contributed by atoms with Crippen LogP contribution in [0.25, 0.3) is 0 Å². The van der Waals surface area contributed by atoms with Gasteiger partial charge in [0.15, 0.2) is 0 Å². The lowest BCUT2D eigenvalue weighted by Gasteiger charge is -2.29. The zero-order valence-corrected chi connectivity index (χ0v) is 11.3. The van der Waals surface area contributed by atoms with Crippen LogP contribution < -0.4 is 11.1 Å². The minimum absolute atomic E-state index is 0.0895. The Hall–Kier alpha value is -0.870. The molecule has 0 bridgehead atoms. The molecule has 1 aliphatic carbocycles. The van der Waals surface area contributed by atoms with Crippen molar-refractivity contribution in [3.8, 4) is 0 Å². The lowest BCUT2D eigenvalue weighted by Crippen LogP contribution is -2.53. The van der Waals surface area contributed by atoms with E-state index in [1.165, 1.54) is 17.7 Å². The molecule has 17 heavy (non-hydrogen) atoms. The first-order valence-electron chi connectivity index (χ1n) is 6.10. The lowest BCUT2D eigenvalue weighted by atomic mass is 9.96. The van der Waals surface area contributed by atoms with Crippen LogP contribution in [0.4, 0.5) is 0 Å². The predicted molar refractivity (Wildman–Crippen MR) is 71.1 cm³/mol. The number of rotatable bonds is 5. The number of carbonyl (C=O) groups excluding carboxylic acids is 1. The Morgan fingerprint density at radius 1 is 1.59 bits per heavy atom. The second-order valence-electron chi connectivity index (χ2n) is 5.13. The highest BCUT2D eigenvalue weighted by Gasteiger charge is 2.41. The van der Waals surface area contributed by atoms with Gasteiger partial charge in [-0.1, -0.05) is 0 Å². The average molecular weight is 252 g/mol. The van der Waals surface area contributed by atoms with Gasteiger partial charge in [0, 0.05) is 16.3 Å². The number of nitrogens with one attached hydrogen (secondary N) is 1. The number of hydrogen-bond acceptors (Lipinski definition) is 3. The van der Waals surface area contributed by atoms with Gasteiger partial charge >= 0.3 is 0 Å². The quantitative estimate of drug-likeness (QED) is 0.840. The minimum Gasteiger partial charge on any atom is -0.349 e. The fourth-order valence-electron chi connectivity index (χ4n) is 2.14. The Labute approximate surface area is 106 Å². The molecule has 1 aliphatic rings. The van der Waals surface area contributed by atoms with Crippen LogP contribution in [0.3, 0.4) is 0 Å². The van der Waals surface area contributed by atoms with Crippen LogP contribution in [0, 0.1) is 12.8 Å². The molecule has 0 saturated heterocycles. The summed E-state index contributed by atoms with van der Waals surface area (Å²) < 4.78 is 0. The molecule has 0 spiro atoms. The molecule has 0 radical (unpaired) electrons. The second kappa shape index (κ2) is 4.78. The number of amides is 1. The third kappa shape index (κ3) is 3.07. The molecule has 3 nitrogen and oxygen atoms in total. The summed E-state index contributed by atoms with van der Waals surface area (Å²) in [5.74, 6) is 0.660. The van der Waals surface area contributed by atoms with Crippen molar-refractivity contribution in [3.05, 3.63) is 21.9 Å². The number of carbonyl (C=O) groups is 1. The summed E-state index contributed by atoms with van der Waals surface area (Å²) >= 11 is 1.68. The Morgan fingerprint density at radius 3 is 2.76 bits per heavy atom. The summed E-state index contributed by atoms with van der Waals surface area (Å²) in [4.78, 5) is 14.3. The number of nitrogens with two attached hydrogens (primary N) is 1. The van der Waals surface area contributed by atoms with Crippen molar-refractivity contribution < 1.29 is 4.79 Å². The summed E-state index contributed by atoms with van der Waals surface area (Å²) in [7, 11) is 0. The summed E-state index contributed by atoms with van der Waals surface area (Å²) in [5, 5.41) is 3.11. The van der Waals surface area contributed by atoms with Crippen molar-refractivity contribution in [1.29, 1.82) is 0 Å². The normalized spacial score (nSPS) is 18.8. The molecule has 0 aromatic carbocycles. The number of aryl methyl sites for hydroxylation is 1. The molecule has 2 rings (SSSR count). The van der Waals surface area contributed by atoms with E-state index in [1.807, 2.05) is 6.07 Å². The molecule has 0 aliphatic heterocycles. The number of thiophene rings is 1. The van der Waals surface area contributed by atoms with Gasteiger partial charge < -0.3 is 11.1 Å². The topological polar surface area (TPSA) is 55.1 Å². The molecule has 1 amide bonds. The van der Waals surface area contributed by atoms with E-state index in [0.29, 0.717) is 18.9 Å². The maximum atomic E-state index is 12.0. The van der Waals surface area contributed by atoms with E-state index in [4.69, 9.17) is 5.73 Å². The standard InChI is InChI=1S/C13H20N2OS/c1-9-3-6-11(17-9)7-12(16)15-13(2,8-14)10-4-5-10/h3,6,10H,4-5,7-8,14H2,1-2H3,(H,15,16). The van der Waals surface area contributed by atoms with Crippen molar-refractivity contribution in [1.82, 2.24) is 5.32 Å². The molecular weight excluding hydrogens is 232 g/mol. The minimum atomic E-state index is -0.205. The van der Waals surface area contributed by atoms with Gasteiger partial charge in [-0.3, -0.25) is 4.79 Å². The molecule has 1 unspecified atom stereocenters. The van der Waals surface area contributed by atoms with Gasteiger partial charge in [-0.05, 0) is 44.7 Å². The van der Waals surface area contributed by atoms with E-state index in [1.54, 1.807) is 11.3 Å². The highest BCUT2D eigenvalue weighted by Crippen LogP contribution is 2.39. The van der Waals surface area contributed by atoms with Gasteiger partial charge in [0.05, 0.1) is 12.0 Å². The fraction of sp³-hybridized carbons (Fsp3) is 0.615. The maximum absolute atomic E-state index is 12.0. The van der Waals surface area contributed by atoms with Gasteiger partial charge in [-0.15, -0.1) is 11.3 Å². The molecule has 94 valence electrons. The summed E-state index contributed by atoms with van der Waals surface area (Å²) in [6, 6.07) is 4.08. The van der Waals surface area contributed by atoms with Crippen LogP contribution in [-0.2, 0) is 11.2 Å². The Balaban J connectivity index is 1.92. The van der Waals surface area contributed by atoms with Crippen molar-refractivity contribution in [3.63, 3.8) is 0 Å². The number of hydrogen-bond donors (Lipinski definition) is 2. The molecule has 1 aromatic heterocycles. The first-order chi connectivity index (χ1) is 8.03. The first-order valence-corrected chi connectivity index (χ1v) is 6.91. The lowest BCUT2D eigenvalue weighted by molar-refractivity contribution is -0.122. The van der Waals surface area contributed by atoms with Crippen LogP contribution >= 0.6 is 11.3 Å².